The number of hydrogen-bond acceptors (Lipinski definition) is 4. The van der Waals surface area contributed by atoms with E-state index in [0.29, 0.717) is 5.75 Å². The van der Waals surface area contributed by atoms with Gasteiger partial charge in [0.05, 0.1) is 13.3 Å². The second kappa shape index (κ2) is 7.97. The van der Waals surface area contributed by atoms with Crippen LogP contribution in [0.2, 0.25) is 0 Å². The minimum Gasteiger partial charge on any atom is -0.497 e. The molecule has 0 aliphatic heterocycles. The van der Waals surface area contributed by atoms with Gasteiger partial charge in [-0.3, -0.25) is 4.79 Å². The van der Waals surface area contributed by atoms with E-state index in [4.69, 9.17) is 9.47 Å². The van der Waals surface area contributed by atoms with Crippen LogP contribution in [-0.2, 0) is 4.79 Å². The Morgan fingerprint density at radius 1 is 1.08 bits per heavy atom. The molecule has 25 heavy (non-hydrogen) atoms. The van der Waals surface area contributed by atoms with E-state index in [0.717, 1.165) is 22.1 Å². The van der Waals surface area contributed by atoms with Crippen LogP contribution >= 0.6 is 0 Å². The molecule has 0 aromatic heterocycles. The van der Waals surface area contributed by atoms with Gasteiger partial charge in [-0.15, -0.1) is 0 Å². The molecule has 1 amide bonds. The molecule has 0 aliphatic carbocycles. The van der Waals surface area contributed by atoms with E-state index in [2.05, 4.69) is 10.5 Å². The van der Waals surface area contributed by atoms with Gasteiger partial charge in [0.1, 0.15) is 11.5 Å². The van der Waals surface area contributed by atoms with Crippen molar-refractivity contribution in [2.45, 2.75) is 0 Å². The first-order chi connectivity index (χ1) is 12.3. The van der Waals surface area contributed by atoms with E-state index in [1.165, 1.54) is 0 Å². The molecule has 0 atom stereocenters. The minimum absolute atomic E-state index is 0.108. The molecule has 0 aliphatic rings. The summed E-state index contributed by atoms with van der Waals surface area (Å²) < 4.78 is 10.8. The van der Waals surface area contributed by atoms with Gasteiger partial charge >= 0.3 is 0 Å². The normalized spacial score (nSPS) is 10.8. The van der Waals surface area contributed by atoms with Crippen LogP contribution in [0, 0.1) is 0 Å². The highest BCUT2D eigenvalue weighted by atomic mass is 16.5. The monoisotopic (exact) mass is 334 g/mol. The van der Waals surface area contributed by atoms with Crippen molar-refractivity contribution in [2.24, 2.45) is 5.10 Å². The van der Waals surface area contributed by atoms with Crippen LogP contribution in [0.1, 0.15) is 5.56 Å². The summed E-state index contributed by atoms with van der Waals surface area (Å²) in [6.07, 6.45) is 1.55. The summed E-state index contributed by atoms with van der Waals surface area (Å²) >= 11 is 0. The Morgan fingerprint density at radius 2 is 1.88 bits per heavy atom. The predicted octanol–water partition coefficient (Wildman–Crippen LogP) is 3.38. The number of carbonyl (C=O) groups excluding carboxylic acids is 1. The SMILES string of the molecule is COc1cccc(/C=N/NC(=O)COc2cccc3ccccc23)c1. The number of hydrazone groups is 1. The zero-order valence-corrected chi connectivity index (χ0v) is 13.8. The van der Waals surface area contributed by atoms with E-state index >= 15 is 0 Å². The van der Waals surface area contributed by atoms with Crippen LogP contribution in [0.25, 0.3) is 10.8 Å². The molecule has 3 rings (SSSR count). The fraction of sp³-hybridized carbons (Fsp3) is 0.100. The summed E-state index contributed by atoms with van der Waals surface area (Å²) in [5.41, 5.74) is 3.28. The number of hydrogen-bond donors (Lipinski definition) is 1. The molecule has 0 heterocycles. The highest BCUT2D eigenvalue weighted by Gasteiger charge is 2.04. The first-order valence-corrected chi connectivity index (χ1v) is 7.83. The van der Waals surface area contributed by atoms with Crippen LogP contribution in [0.3, 0.4) is 0 Å². The van der Waals surface area contributed by atoms with Gasteiger partial charge in [0, 0.05) is 5.39 Å². The maximum absolute atomic E-state index is 11.9. The Kier molecular flexibility index (Phi) is 5.26. The van der Waals surface area contributed by atoms with Crippen LogP contribution in [0.5, 0.6) is 11.5 Å². The minimum atomic E-state index is -0.327. The molecule has 5 nitrogen and oxygen atoms in total. The van der Waals surface area contributed by atoms with Crippen molar-refractivity contribution >= 4 is 22.9 Å². The highest BCUT2D eigenvalue weighted by Crippen LogP contribution is 2.24. The van der Waals surface area contributed by atoms with Crippen molar-refractivity contribution in [3.8, 4) is 11.5 Å². The van der Waals surface area contributed by atoms with E-state index in [1.807, 2.05) is 66.7 Å². The summed E-state index contributed by atoms with van der Waals surface area (Å²) in [6, 6.07) is 21.0. The molecular formula is C20H18N2O3. The van der Waals surface area contributed by atoms with Crippen molar-refractivity contribution in [1.82, 2.24) is 5.43 Å². The summed E-state index contributed by atoms with van der Waals surface area (Å²) in [7, 11) is 1.60. The zero-order chi connectivity index (χ0) is 17.5. The van der Waals surface area contributed by atoms with Crippen LogP contribution in [0.4, 0.5) is 0 Å². The van der Waals surface area contributed by atoms with E-state index in [9.17, 15) is 4.79 Å². The Bertz CT molecular complexity index is 901. The lowest BCUT2D eigenvalue weighted by atomic mass is 10.1. The molecule has 0 unspecified atom stereocenters. The maximum atomic E-state index is 11.9. The van der Waals surface area contributed by atoms with Crippen LogP contribution < -0.4 is 14.9 Å². The lowest BCUT2D eigenvalue weighted by Gasteiger charge is -2.08. The van der Waals surface area contributed by atoms with Gasteiger partial charge in [-0.05, 0) is 29.1 Å². The molecule has 0 spiro atoms. The number of fused-ring (bicyclic) bond motifs is 1. The number of methoxy groups -OCH3 is 1. The van der Waals surface area contributed by atoms with E-state index in [-0.39, 0.29) is 12.5 Å². The molecule has 0 fully saturated rings. The number of nitrogens with one attached hydrogen (secondary N) is 1. The largest absolute Gasteiger partial charge is 0.497 e. The number of rotatable bonds is 6. The van der Waals surface area contributed by atoms with Crippen molar-refractivity contribution in [1.29, 1.82) is 0 Å². The molecule has 5 heteroatoms. The fourth-order valence-electron chi connectivity index (χ4n) is 2.40. The lowest BCUT2D eigenvalue weighted by Crippen LogP contribution is -2.24. The van der Waals surface area contributed by atoms with Crippen LogP contribution in [0.15, 0.2) is 71.8 Å². The number of nitrogens with zero attached hydrogens (tertiary/aromatic N) is 1. The summed E-state index contributed by atoms with van der Waals surface area (Å²) in [4.78, 5) is 11.9. The first-order valence-electron chi connectivity index (χ1n) is 7.83. The Balaban J connectivity index is 1.56. The quantitative estimate of drug-likeness (QED) is 0.555. The number of ether oxygens (including phenoxy) is 2. The van der Waals surface area contributed by atoms with Gasteiger partial charge in [0.2, 0.25) is 0 Å². The van der Waals surface area contributed by atoms with Crippen molar-refractivity contribution in [3.05, 3.63) is 72.3 Å². The van der Waals surface area contributed by atoms with Gasteiger partial charge in [-0.25, -0.2) is 5.43 Å². The fourth-order valence-corrected chi connectivity index (χ4v) is 2.40. The van der Waals surface area contributed by atoms with E-state index in [1.54, 1.807) is 13.3 Å². The third kappa shape index (κ3) is 4.35. The molecule has 3 aromatic rings. The average Bonchev–Trinajstić information content (AvgIpc) is 2.66. The van der Waals surface area contributed by atoms with Gasteiger partial charge in [-0.1, -0.05) is 48.5 Å². The van der Waals surface area contributed by atoms with Crippen molar-refractivity contribution < 1.29 is 14.3 Å². The Morgan fingerprint density at radius 3 is 2.76 bits per heavy atom. The molecular weight excluding hydrogens is 316 g/mol. The average molecular weight is 334 g/mol. The summed E-state index contributed by atoms with van der Waals surface area (Å²) in [5, 5.41) is 5.97. The second-order valence-corrected chi connectivity index (χ2v) is 5.34. The topological polar surface area (TPSA) is 59.9 Å². The standard InChI is InChI=1S/C20H18N2O3/c1-24-17-9-4-6-15(12-17)13-21-22-20(23)14-25-19-11-5-8-16-7-2-3-10-18(16)19/h2-13H,14H2,1H3,(H,22,23)/b21-13+. The molecule has 0 bridgehead atoms. The Labute approximate surface area is 145 Å². The van der Waals surface area contributed by atoms with Gasteiger partial charge in [0.15, 0.2) is 6.61 Å². The van der Waals surface area contributed by atoms with Crippen molar-refractivity contribution in [2.75, 3.05) is 13.7 Å². The summed E-state index contributed by atoms with van der Waals surface area (Å²) in [6.45, 7) is -0.108. The molecule has 0 saturated carbocycles. The summed E-state index contributed by atoms with van der Waals surface area (Å²) in [5.74, 6) is 1.08. The lowest BCUT2D eigenvalue weighted by molar-refractivity contribution is -0.123. The second-order valence-electron chi connectivity index (χ2n) is 5.34. The first kappa shape index (κ1) is 16.5. The van der Waals surface area contributed by atoms with Gasteiger partial charge < -0.3 is 9.47 Å². The molecule has 3 aromatic carbocycles. The van der Waals surface area contributed by atoms with E-state index < -0.39 is 0 Å². The number of benzene rings is 3. The predicted molar refractivity (Wildman–Crippen MR) is 98.2 cm³/mol. The number of carbonyl (C=O) groups is 1. The molecule has 0 radical (unpaired) electrons. The number of amides is 1. The van der Waals surface area contributed by atoms with Gasteiger partial charge in [-0.2, -0.15) is 5.10 Å². The molecule has 126 valence electrons. The van der Waals surface area contributed by atoms with Gasteiger partial charge in [0.25, 0.3) is 5.91 Å². The third-order valence-electron chi connectivity index (χ3n) is 3.61. The Hall–Kier alpha value is -3.34. The third-order valence-corrected chi connectivity index (χ3v) is 3.61. The zero-order valence-electron chi connectivity index (χ0n) is 13.8. The molecule has 1 N–H and O–H groups in total. The molecule has 0 saturated heterocycles. The highest BCUT2D eigenvalue weighted by molar-refractivity contribution is 5.89. The van der Waals surface area contributed by atoms with Crippen LogP contribution in [-0.4, -0.2) is 25.8 Å². The maximum Gasteiger partial charge on any atom is 0.277 e. The van der Waals surface area contributed by atoms with Crippen molar-refractivity contribution in [3.63, 3.8) is 0 Å². The smallest absolute Gasteiger partial charge is 0.277 e.